The molecule has 25 heavy (non-hydrogen) atoms. The van der Waals surface area contributed by atoms with Crippen molar-refractivity contribution < 1.29 is 19.0 Å². The Kier molecular flexibility index (Phi) is 4.08. The number of rotatable bonds is 4. The number of carbonyl (C=O) groups is 1. The van der Waals surface area contributed by atoms with Crippen molar-refractivity contribution in [1.82, 2.24) is 9.38 Å². The van der Waals surface area contributed by atoms with Crippen molar-refractivity contribution in [2.45, 2.75) is 6.61 Å². The minimum absolute atomic E-state index is 0.131. The lowest BCUT2D eigenvalue weighted by Crippen LogP contribution is -2.15. The van der Waals surface area contributed by atoms with Gasteiger partial charge in [-0.2, -0.15) is 0 Å². The summed E-state index contributed by atoms with van der Waals surface area (Å²) in [7, 11) is 0. The molecule has 126 valence electrons. The highest BCUT2D eigenvalue weighted by atomic mass is 16.6. The minimum atomic E-state index is -0.424. The number of fused-ring (bicyclic) bond motifs is 2. The molecule has 0 N–H and O–H groups in total. The molecule has 0 amide bonds. The second-order valence-corrected chi connectivity index (χ2v) is 5.54. The molecule has 0 bridgehead atoms. The number of carbonyl (C=O) groups excluding carboxylic acids is 1. The second kappa shape index (κ2) is 6.68. The average molecular weight is 336 g/mol. The molecule has 1 aromatic carbocycles. The summed E-state index contributed by atoms with van der Waals surface area (Å²) in [6.07, 6.45) is 6.81. The molecule has 2 aromatic heterocycles. The molecule has 0 atom stereocenters. The van der Waals surface area contributed by atoms with Crippen LogP contribution in [0.3, 0.4) is 0 Å². The molecule has 0 saturated heterocycles. The van der Waals surface area contributed by atoms with Gasteiger partial charge in [-0.1, -0.05) is 12.1 Å². The van der Waals surface area contributed by atoms with Crippen molar-refractivity contribution in [3.63, 3.8) is 0 Å². The van der Waals surface area contributed by atoms with Gasteiger partial charge in [0.15, 0.2) is 11.5 Å². The number of aromatic nitrogens is 2. The summed E-state index contributed by atoms with van der Waals surface area (Å²) >= 11 is 0. The lowest BCUT2D eigenvalue weighted by Gasteiger charge is -2.18. The third-order valence-electron chi connectivity index (χ3n) is 3.75. The van der Waals surface area contributed by atoms with E-state index in [1.54, 1.807) is 6.08 Å². The van der Waals surface area contributed by atoms with Crippen molar-refractivity contribution in [3.8, 4) is 11.5 Å². The van der Waals surface area contributed by atoms with Crippen LogP contribution in [0.1, 0.15) is 11.3 Å². The number of hydrogen-bond donors (Lipinski definition) is 0. The Hall–Kier alpha value is -3.28. The molecule has 0 saturated carbocycles. The zero-order chi connectivity index (χ0) is 17.1. The Morgan fingerprint density at radius 2 is 2.08 bits per heavy atom. The quantitative estimate of drug-likeness (QED) is 0.541. The highest BCUT2D eigenvalue weighted by molar-refractivity contribution is 5.87. The van der Waals surface area contributed by atoms with Crippen LogP contribution >= 0.6 is 0 Å². The fraction of sp³-hybridized carbons (Fsp3) is 0.158. The number of esters is 1. The van der Waals surface area contributed by atoms with Crippen LogP contribution < -0.4 is 9.47 Å². The third kappa shape index (κ3) is 3.47. The first kappa shape index (κ1) is 15.3. The summed E-state index contributed by atoms with van der Waals surface area (Å²) in [5, 5.41) is 0. The molecule has 0 fully saturated rings. The predicted octanol–water partition coefficient (Wildman–Crippen LogP) is 2.86. The van der Waals surface area contributed by atoms with Crippen LogP contribution in [-0.2, 0) is 16.1 Å². The molecule has 3 aromatic rings. The van der Waals surface area contributed by atoms with Crippen molar-refractivity contribution in [2.24, 2.45) is 0 Å². The van der Waals surface area contributed by atoms with Gasteiger partial charge >= 0.3 is 5.97 Å². The van der Waals surface area contributed by atoms with E-state index in [0.717, 1.165) is 17.0 Å². The SMILES string of the molecule is O=C(/C=C/c1ccc2c(c1)OCCO2)OCc1cn2ccccc2n1. The van der Waals surface area contributed by atoms with E-state index in [0.29, 0.717) is 24.7 Å². The van der Waals surface area contributed by atoms with Crippen LogP contribution in [-0.4, -0.2) is 28.6 Å². The molecule has 0 aliphatic carbocycles. The van der Waals surface area contributed by atoms with E-state index in [2.05, 4.69) is 4.98 Å². The van der Waals surface area contributed by atoms with Gasteiger partial charge < -0.3 is 18.6 Å². The highest BCUT2D eigenvalue weighted by Gasteiger charge is 2.11. The summed E-state index contributed by atoms with van der Waals surface area (Å²) in [6.45, 7) is 1.21. The van der Waals surface area contributed by atoms with Crippen molar-refractivity contribution in [3.05, 3.63) is 66.1 Å². The van der Waals surface area contributed by atoms with Crippen LogP contribution in [0.2, 0.25) is 0 Å². The first-order chi connectivity index (χ1) is 12.3. The van der Waals surface area contributed by atoms with Gasteiger partial charge in [0.05, 0.1) is 5.69 Å². The fourth-order valence-electron chi connectivity index (χ4n) is 2.58. The van der Waals surface area contributed by atoms with E-state index in [9.17, 15) is 4.79 Å². The number of pyridine rings is 1. The number of ether oxygens (including phenoxy) is 3. The highest BCUT2D eigenvalue weighted by Crippen LogP contribution is 2.31. The molecule has 0 unspecified atom stereocenters. The van der Waals surface area contributed by atoms with E-state index in [1.165, 1.54) is 6.08 Å². The zero-order valence-electron chi connectivity index (χ0n) is 13.4. The predicted molar refractivity (Wildman–Crippen MR) is 91.5 cm³/mol. The Balaban J connectivity index is 1.37. The third-order valence-corrected chi connectivity index (χ3v) is 3.75. The van der Waals surface area contributed by atoms with Crippen molar-refractivity contribution in [1.29, 1.82) is 0 Å². The van der Waals surface area contributed by atoms with Gasteiger partial charge in [0.2, 0.25) is 0 Å². The number of hydrogen-bond acceptors (Lipinski definition) is 5. The molecule has 4 rings (SSSR count). The summed E-state index contributed by atoms with van der Waals surface area (Å²) in [5.74, 6) is 0.983. The van der Waals surface area contributed by atoms with E-state index in [-0.39, 0.29) is 6.61 Å². The lowest BCUT2D eigenvalue weighted by atomic mass is 10.2. The minimum Gasteiger partial charge on any atom is -0.486 e. The van der Waals surface area contributed by atoms with Crippen LogP contribution in [0.25, 0.3) is 11.7 Å². The molecule has 6 nitrogen and oxygen atoms in total. The Bertz CT molecular complexity index is 913. The average Bonchev–Trinajstić information content (AvgIpc) is 3.07. The maximum Gasteiger partial charge on any atom is 0.331 e. The molecule has 1 aliphatic heterocycles. The Labute approximate surface area is 144 Å². The summed E-state index contributed by atoms with van der Waals surface area (Å²) in [5.41, 5.74) is 2.36. The fourth-order valence-corrected chi connectivity index (χ4v) is 2.58. The topological polar surface area (TPSA) is 62.1 Å². The summed E-state index contributed by atoms with van der Waals surface area (Å²) in [6, 6.07) is 11.2. The van der Waals surface area contributed by atoms with E-state index >= 15 is 0 Å². The Morgan fingerprint density at radius 1 is 1.20 bits per heavy atom. The van der Waals surface area contributed by atoms with Gasteiger partial charge in [-0.25, -0.2) is 9.78 Å². The maximum atomic E-state index is 11.9. The summed E-state index contributed by atoms with van der Waals surface area (Å²) < 4.78 is 18.1. The van der Waals surface area contributed by atoms with Crippen LogP contribution in [0.4, 0.5) is 0 Å². The largest absolute Gasteiger partial charge is 0.486 e. The van der Waals surface area contributed by atoms with Gasteiger partial charge in [0.25, 0.3) is 0 Å². The molecule has 6 heteroatoms. The molecule has 1 aliphatic rings. The maximum absolute atomic E-state index is 11.9. The molecular weight excluding hydrogens is 320 g/mol. The number of nitrogens with zero attached hydrogens (tertiary/aromatic N) is 2. The second-order valence-electron chi connectivity index (χ2n) is 5.54. The van der Waals surface area contributed by atoms with E-state index in [1.807, 2.05) is 53.2 Å². The normalized spacial score (nSPS) is 13.3. The van der Waals surface area contributed by atoms with Gasteiger partial charge in [-0.15, -0.1) is 0 Å². The van der Waals surface area contributed by atoms with Crippen LogP contribution in [0.15, 0.2) is 54.9 Å². The monoisotopic (exact) mass is 336 g/mol. The molecule has 0 radical (unpaired) electrons. The van der Waals surface area contributed by atoms with Gasteiger partial charge in [0, 0.05) is 18.5 Å². The first-order valence-electron chi connectivity index (χ1n) is 7.95. The Morgan fingerprint density at radius 3 is 2.96 bits per heavy atom. The number of imidazole rings is 1. The van der Waals surface area contributed by atoms with Crippen molar-refractivity contribution >= 4 is 17.7 Å². The van der Waals surface area contributed by atoms with Gasteiger partial charge in [-0.3, -0.25) is 0 Å². The smallest absolute Gasteiger partial charge is 0.331 e. The van der Waals surface area contributed by atoms with Gasteiger partial charge in [0.1, 0.15) is 25.5 Å². The molecular formula is C19H16N2O4. The van der Waals surface area contributed by atoms with Crippen LogP contribution in [0, 0.1) is 0 Å². The van der Waals surface area contributed by atoms with Crippen molar-refractivity contribution in [2.75, 3.05) is 13.2 Å². The van der Waals surface area contributed by atoms with E-state index in [4.69, 9.17) is 14.2 Å². The number of benzene rings is 1. The standard InChI is InChI=1S/C19H16N2O4/c22-19(25-13-15-12-21-8-2-1-3-18(21)20-15)7-5-14-4-6-16-17(11-14)24-10-9-23-16/h1-8,11-12H,9-10,13H2/b7-5+. The van der Waals surface area contributed by atoms with E-state index < -0.39 is 5.97 Å². The molecule has 0 spiro atoms. The molecule has 3 heterocycles. The van der Waals surface area contributed by atoms with Crippen LogP contribution in [0.5, 0.6) is 11.5 Å². The summed E-state index contributed by atoms with van der Waals surface area (Å²) in [4.78, 5) is 16.3. The zero-order valence-corrected chi connectivity index (χ0v) is 13.4. The van der Waals surface area contributed by atoms with Gasteiger partial charge in [-0.05, 0) is 35.9 Å². The first-order valence-corrected chi connectivity index (χ1v) is 7.95. The lowest BCUT2D eigenvalue weighted by molar-refractivity contribution is -0.139.